The van der Waals surface area contributed by atoms with Crippen LogP contribution in [0.2, 0.25) is 0 Å². The summed E-state index contributed by atoms with van der Waals surface area (Å²) < 4.78 is 0. The molecule has 0 heterocycles. The number of rotatable bonds is 4. The van der Waals surface area contributed by atoms with Crippen molar-refractivity contribution >= 4 is 23.3 Å². The maximum absolute atomic E-state index is 13.2. The van der Waals surface area contributed by atoms with Gasteiger partial charge in [-0.25, -0.2) is 4.79 Å². The fraction of sp³-hybridized carbons (Fsp3) is 0.391. The third-order valence-corrected chi connectivity index (χ3v) is 5.66. The zero-order chi connectivity index (χ0) is 20.1. The number of carbonyl (C=O) groups is 2. The molecule has 3 amide bonds. The normalized spacial score (nSPS) is 15.5. The Labute approximate surface area is 166 Å². The predicted molar refractivity (Wildman–Crippen MR) is 114 cm³/mol. The summed E-state index contributed by atoms with van der Waals surface area (Å²) in [5, 5.41) is 8.89. The zero-order valence-corrected chi connectivity index (χ0v) is 16.9. The summed E-state index contributed by atoms with van der Waals surface area (Å²) in [7, 11) is 0. The maximum Gasteiger partial charge on any atom is 0.320 e. The van der Waals surface area contributed by atoms with Crippen molar-refractivity contribution in [2.45, 2.75) is 58.4 Å². The highest BCUT2D eigenvalue weighted by atomic mass is 16.2. The van der Waals surface area contributed by atoms with Gasteiger partial charge in [-0.15, -0.1) is 0 Å². The molecule has 5 nitrogen and oxygen atoms in total. The minimum atomic E-state index is -0.886. The van der Waals surface area contributed by atoms with E-state index in [-0.39, 0.29) is 11.9 Å². The fourth-order valence-electron chi connectivity index (χ4n) is 3.71. The third kappa shape index (κ3) is 4.53. The molecule has 0 unspecified atom stereocenters. The summed E-state index contributed by atoms with van der Waals surface area (Å²) in [5.74, 6) is -0.139. The van der Waals surface area contributed by atoms with Crippen molar-refractivity contribution in [1.82, 2.24) is 5.32 Å². The van der Waals surface area contributed by atoms with E-state index < -0.39 is 5.54 Å². The largest absolute Gasteiger partial charge is 0.324 e. The fourth-order valence-corrected chi connectivity index (χ4v) is 3.71. The Balaban J connectivity index is 1.75. The van der Waals surface area contributed by atoms with Crippen molar-refractivity contribution in [3.05, 3.63) is 59.2 Å². The van der Waals surface area contributed by atoms with Crippen molar-refractivity contribution in [1.29, 1.82) is 0 Å². The number of anilines is 2. The highest BCUT2D eigenvalue weighted by Crippen LogP contribution is 2.30. The molecule has 2 aromatic rings. The lowest BCUT2D eigenvalue weighted by molar-refractivity contribution is -0.123. The van der Waals surface area contributed by atoms with Gasteiger partial charge in [0.15, 0.2) is 0 Å². The number of carbonyl (C=O) groups excluding carboxylic acids is 2. The average molecular weight is 380 g/mol. The average Bonchev–Trinajstić information content (AvgIpc) is 2.68. The van der Waals surface area contributed by atoms with Crippen LogP contribution in [0.4, 0.5) is 16.2 Å². The van der Waals surface area contributed by atoms with Crippen LogP contribution in [0.3, 0.4) is 0 Å². The van der Waals surface area contributed by atoms with Crippen LogP contribution in [-0.4, -0.2) is 17.5 Å². The molecule has 0 aromatic heterocycles. The molecular weight excluding hydrogens is 350 g/mol. The monoisotopic (exact) mass is 379 g/mol. The van der Waals surface area contributed by atoms with Gasteiger partial charge in [-0.1, -0.05) is 49.1 Å². The smallest absolute Gasteiger partial charge is 0.320 e. The second kappa shape index (κ2) is 8.46. The number of nitrogens with one attached hydrogen (secondary N) is 3. The molecule has 28 heavy (non-hydrogen) atoms. The van der Waals surface area contributed by atoms with Gasteiger partial charge in [0.25, 0.3) is 0 Å². The Morgan fingerprint density at radius 2 is 1.54 bits per heavy atom. The first kappa shape index (κ1) is 19.9. The van der Waals surface area contributed by atoms with Crippen LogP contribution >= 0.6 is 0 Å². The van der Waals surface area contributed by atoms with Gasteiger partial charge < -0.3 is 16.0 Å². The molecule has 0 bridgehead atoms. The number of hydrogen-bond acceptors (Lipinski definition) is 2. The maximum atomic E-state index is 13.2. The Kier molecular flexibility index (Phi) is 6.02. The van der Waals surface area contributed by atoms with Gasteiger partial charge in [0, 0.05) is 11.4 Å². The first-order valence-electron chi connectivity index (χ1n) is 9.93. The molecule has 0 atom stereocenters. The Morgan fingerprint density at radius 3 is 2.21 bits per heavy atom. The molecule has 1 fully saturated rings. The summed E-state index contributed by atoms with van der Waals surface area (Å²) in [6, 6.07) is 13.1. The first-order chi connectivity index (χ1) is 13.4. The SMILES string of the molecule is Cc1ccc(NC(=O)NC2(C(=O)Nc3cccc(C)c3C)CCCCC2)cc1. The van der Waals surface area contributed by atoms with Crippen molar-refractivity contribution in [2.75, 3.05) is 10.6 Å². The van der Waals surface area contributed by atoms with Crippen molar-refractivity contribution in [2.24, 2.45) is 0 Å². The first-order valence-corrected chi connectivity index (χ1v) is 9.93. The van der Waals surface area contributed by atoms with E-state index in [0.29, 0.717) is 18.5 Å². The van der Waals surface area contributed by atoms with E-state index >= 15 is 0 Å². The van der Waals surface area contributed by atoms with Gasteiger partial charge in [0.1, 0.15) is 5.54 Å². The summed E-state index contributed by atoms with van der Waals surface area (Å²) in [5.41, 5.74) is 3.93. The van der Waals surface area contributed by atoms with Crippen LogP contribution in [0.5, 0.6) is 0 Å². The molecule has 3 rings (SSSR count). The van der Waals surface area contributed by atoms with Gasteiger partial charge in [0.05, 0.1) is 0 Å². The molecular formula is C23H29N3O2. The highest BCUT2D eigenvalue weighted by molar-refractivity contribution is 6.02. The van der Waals surface area contributed by atoms with Crippen LogP contribution in [0.25, 0.3) is 0 Å². The van der Waals surface area contributed by atoms with Gasteiger partial charge in [-0.2, -0.15) is 0 Å². The van der Waals surface area contributed by atoms with E-state index in [0.717, 1.165) is 41.6 Å². The number of aryl methyl sites for hydroxylation is 2. The summed E-state index contributed by atoms with van der Waals surface area (Å²) in [6.07, 6.45) is 4.21. The molecule has 1 aliphatic carbocycles. The Morgan fingerprint density at radius 1 is 0.857 bits per heavy atom. The number of benzene rings is 2. The lowest BCUT2D eigenvalue weighted by Crippen LogP contribution is -2.58. The lowest BCUT2D eigenvalue weighted by atomic mass is 9.80. The summed E-state index contributed by atoms with van der Waals surface area (Å²) in [6.45, 7) is 6.02. The minimum Gasteiger partial charge on any atom is -0.324 e. The molecule has 2 aromatic carbocycles. The van der Waals surface area contributed by atoms with Crippen molar-refractivity contribution in [3.8, 4) is 0 Å². The van der Waals surface area contributed by atoms with Crippen LogP contribution in [-0.2, 0) is 4.79 Å². The summed E-state index contributed by atoms with van der Waals surface area (Å²) >= 11 is 0. The van der Waals surface area contributed by atoms with Crippen LogP contribution in [0.15, 0.2) is 42.5 Å². The number of hydrogen-bond donors (Lipinski definition) is 3. The predicted octanol–water partition coefficient (Wildman–Crippen LogP) is 5.07. The van der Waals surface area contributed by atoms with Crippen LogP contribution in [0.1, 0.15) is 48.8 Å². The third-order valence-electron chi connectivity index (χ3n) is 5.66. The van der Waals surface area contributed by atoms with Gasteiger partial charge in [-0.3, -0.25) is 4.79 Å². The molecule has 1 saturated carbocycles. The van der Waals surface area contributed by atoms with Gasteiger partial charge in [0.2, 0.25) is 5.91 Å². The molecule has 0 saturated heterocycles. The van der Waals surface area contributed by atoms with Gasteiger partial charge in [-0.05, 0) is 62.9 Å². The number of urea groups is 1. The molecule has 0 aliphatic heterocycles. The van der Waals surface area contributed by atoms with E-state index in [1.54, 1.807) is 0 Å². The molecule has 148 valence electrons. The van der Waals surface area contributed by atoms with E-state index in [4.69, 9.17) is 0 Å². The van der Waals surface area contributed by atoms with Gasteiger partial charge >= 0.3 is 6.03 Å². The molecule has 0 radical (unpaired) electrons. The van der Waals surface area contributed by atoms with E-state index in [1.807, 2.05) is 63.2 Å². The number of amides is 3. The Bertz CT molecular complexity index is 853. The van der Waals surface area contributed by atoms with E-state index in [1.165, 1.54) is 0 Å². The second-order valence-corrected chi connectivity index (χ2v) is 7.79. The molecule has 3 N–H and O–H groups in total. The Hall–Kier alpha value is -2.82. The van der Waals surface area contributed by atoms with Crippen LogP contribution < -0.4 is 16.0 Å². The van der Waals surface area contributed by atoms with Crippen molar-refractivity contribution < 1.29 is 9.59 Å². The van der Waals surface area contributed by atoms with Crippen molar-refractivity contribution in [3.63, 3.8) is 0 Å². The zero-order valence-electron chi connectivity index (χ0n) is 16.9. The highest BCUT2D eigenvalue weighted by Gasteiger charge is 2.41. The second-order valence-electron chi connectivity index (χ2n) is 7.79. The summed E-state index contributed by atoms with van der Waals surface area (Å²) in [4.78, 5) is 25.9. The molecule has 5 heteroatoms. The standard InChI is InChI=1S/C23H29N3O2/c1-16-10-12-19(13-11-16)24-22(28)26-23(14-5-4-6-15-23)21(27)25-20-9-7-8-17(2)18(20)3/h7-13H,4-6,14-15H2,1-3H3,(H,25,27)(H2,24,26,28). The molecule has 0 spiro atoms. The van der Waals surface area contributed by atoms with E-state index in [9.17, 15) is 9.59 Å². The quantitative estimate of drug-likeness (QED) is 0.694. The van der Waals surface area contributed by atoms with E-state index in [2.05, 4.69) is 16.0 Å². The lowest BCUT2D eigenvalue weighted by Gasteiger charge is -2.36. The van der Waals surface area contributed by atoms with Crippen LogP contribution in [0, 0.1) is 20.8 Å². The minimum absolute atomic E-state index is 0.139. The molecule has 1 aliphatic rings. The topological polar surface area (TPSA) is 70.2 Å².